The summed E-state index contributed by atoms with van der Waals surface area (Å²) >= 11 is 0. The fourth-order valence-corrected chi connectivity index (χ4v) is 8.73. The molecule has 0 radical (unpaired) electrons. The summed E-state index contributed by atoms with van der Waals surface area (Å²) in [5.41, 5.74) is 3.54. The smallest absolute Gasteiger partial charge is 0.239 e. The predicted molar refractivity (Wildman–Crippen MR) is 202 cm³/mol. The van der Waals surface area contributed by atoms with Gasteiger partial charge in [-0.25, -0.2) is 4.39 Å². The van der Waals surface area contributed by atoms with Gasteiger partial charge in [-0.3, -0.25) is 4.79 Å². The van der Waals surface area contributed by atoms with Crippen LogP contribution < -0.4 is 9.47 Å². The standard InChI is InChI=1S/C43H55FN2O7/c1-4-23-50-33-19-20-38-36(26-33)40-34(12-8-10-22-48)31(11-7-9-21-47)25-35-37(45-52-6-3)27-39(43(53-38,41(35)40)51-24-5-2)46(42(49)30-15-16-30)28-29-13-17-32(44)18-14-29/h4-5,13-14,17-20,25-26,30-31,34,39-41,47-48H,1-2,6-12,15-16,21-24,27-28H2,3H3/t31-,34+,39-,40+,41+,43+/m0/s1. The molecule has 0 unspecified atom stereocenters. The minimum atomic E-state index is -1.34. The van der Waals surface area contributed by atoms with Crippen LogP contribution >= 0.6 is 0 Å². The quantitative estimate of drug-likeness (QED) is 0.0826. The Bertz CT molecular complexity index is 1640. The van der Waals surface area contributed by atoms with E-state index >= 15 is 0 Å². The first-order valence-electron chi connectivity index (χ1n) is 19.4. The number of aliphatic hydroxyl groups is 2. The fourth-order valence-electron chi connectivity index (χ4n) is 8.73. The Labute approximate surface area is 313 Å². The second-order valence-corrected chi connectivity index (χ2v) is 14.7. The molecular formula is C43H55FN2O7. The van der Waals surface area contributed by atoms with E-state index < -0.39 is 17.7 Å². The summed E-state index contributed by atoms with van der Waals surface area (Å²) in [7, 11) is 0. The Hall–Kier alpha value is -3.99. The van der Waals surface area contributed by atoms with Crippen LogP contribution in [0.5, 0.6) is 11.5 Å². The zero-order valence-electron chi connectivity index (χ0n) is 31.0. The largest absolute Gasteiger partial charge is 0.490 e. The highest BCUT2D eigenvalue weighted by atomic mass is 19.1. The molecule has 6 atom stereocenters. The number of hydrogen-bond donors (Lipinski definition) is 2. The van der Waals surface area contributed by atoms with Crippen LogP contribution in [0.15, 0.2) is 84.6 Å². The third kappa shape index (κ3) is 8.40. The molecule has 0 saturated heterocycles. The number of benzene rings is 2. The molecule has 2 aromatic rings. The van der Waals surface area contributed by atoms with E-state index in [4.69, 9.17) is 24.2 Å². The van der Waals surface area contributed by atoms with Gasteiger partial charge in [-0.2, -0.15) is 0 Å². The Balaban J connectivity index is 1.59. The van der Waals surface area contributed by atoms with Gasteiger partial charge in [-0.05, 0) is 98.8 Å². The van der Waals surface area contributed by atoms with Gasteiger partial charge in [0, 0.05) is 43.6 Å². The highest BCUT2D eigenvalue weighted by Gasteiger charge is 2.66. The van der Waals surface area contributed by atoms with E-state index in [1.807, 2.05) is 24.0 Å². The van der Waals surface area contributed by atoms with Gasteiger partial charge < -0.3 is 34.2 Å². The van der Waals surface area contributed by atoms with Crippen molar-refractivity contribution in [3.8, 4) is 11.5 Å². The lowest BCUT2D eigenvalue weighted by atomic mass is 9.55. The zero-order chi connectivity index (χ0) is 37.4. The maximum absolute atomic E-state index is 14.5. The van der Waals surface area contributed by atoms with Gasteiger partial charge in [0.05, 0.1) is 18.2 Å². The van der Waals surface area contributed by atoms with Crippen molar-refractivity contribution in [2.24, 2.45) is 28.8 Å². The molecular weight excluding hydrogens is 675 g/mol. The van der Waals surface area contributed by atoms with Crippen molar-refractivity contribution < 1.29 is 38.4 Å². The summed E-state index contributed by atoms with van der Waals surface area (Å²) in [6.07, 6.45) is 12.5. The summed E-state index contributed by atoms with van der Waals surface area (Å²) in [6, 6.07) is 11.6. The molecule has 10 heteroatoms. The van der Waals surface area contributed by atoms with E-state index in [2.05, 4.69) is 25.3 Å². The van der Waals surface area contributed by atoms with E-state index in [0.717, 1.165) is 60.9 Å². The number of carbonyl (C=O) groups is 1. The van der Waals surface area contributed by atoms with Gasteiger partial charge in [0.1, 0.15) is 36.6 Å². The first-order chi connectivity index (χ1) is 25.9. The van der Waals surface area contributed by atoms with Crippen molar-refractivity contribution in [2.45, 2.75) is 89.0 Å². The minimum absolute atomic E-state index is 0.0143. The van der Waals surface area contributed by atoms with Crippen LogP contribution in [0, 0.1) is 29.5 Å². The molecule has 2 saturated carbocycles. The van der Waals surface area contributed by atoms with Crippen molar-refractivity contribution in [3.05, 3.63) is 96.4 Å². The number of hydrogen-bond acceptors (Lipinski definition) is 8. The van der Waals surface area contributed by atoms with Gasteiger partial charge in [-0.15, -0.1) is 6.58 Å². The lowest BCUT2D eigenvalue weighted by Crippen LogP contribution is -2.70. The maximum Gasteiger partial charge on any atom is 0.239 e. The molecule has 4 aliphatic rings. The Kier molecular flexibility index (Phi) is 13.1. The second-order valence-electron chi connectivity index (χ2n) is 14.7. The van der Waals surface area contributed by atoms with Crippen molar-refractivity contribution >= 4 is 11.6 Å². The molecule has 6 rings (SSSR count). The number of halogens is 1. The van der Waals surface area contributed by atoms with Crippen molar-refractivity contribution in [3.63, 3.8) is 0 Å². The minimum Gasteiger partial charge on any atom is -0.490 e. The SMILES string of the molecule is C=CCOc1ccc2c(c1)[C@H]1[C@H](CCCCO)[C@@H](CCCCO)C=C3C(=NOCC)C[C@H](N(Cc4ccc(F)cc4)C(=O)C4CC4)[C@@](OCC=C)(O2)[C@H]31. The van der Waals surface area contributed by atoms with Crippen LogP contribution in [-0.2, 0) is 20.9 Å². The fraction of sp³-hybridized carbons (Fsp3) is 0.535. The van der Waals surface area contributed by atoms with Crippen LogP contribution in [0.25, 0.3) is 0 Å². The predicted octanol–water partition coefficient (Wildman–Crippen LogP) is 7.48. The van der Waals surface area contributed by atoms with E-state index in [1.54, 1.807) is 24.3 Å². The number of carbonyl (C=O) groups excluding carboxylic acids is 1. The number of ether oxygens (including phenoxy) is 3. The molecule has 53 heavy (non-hydrogen) atoms. The van der Waals surface area contributed by atoms with E-state index in [9.17, 15) is 19.4 Å². The normalized spacial score (nSPS) is 26.5. The number of unbranched alkanes of at least 4 members (excludes halogenated alkanes) is 2. The van der Waals surface area contributed by atoms with E-state index in [1.165, 1.54) is 12.1 Å². The number of nitrogens with zero attached hydrogens (tertiary/aromatic N) is 2. The summed E-state index contributed by atoms with van der Waals surface area (Å²) < 4.78 is 34.5. The molecule has 286 valence electrons. The monoisotopic (exact) mass is 730 g/mol. The third-order valence-corrected chi connectivity index (χ3v) is 11.2. The van der Waals surface area contributed by atoms with Crippen molar-refractivity contribution in [2.75, 3.05) is 33.0 Å². The average molecular weight is 731 g/mol. The molecule has 0 spiro atoms. The third-order valence-electron chi connectivity index (χ3n) is 11.2. The molecule has 1 aliphatic heterocycles. The molecule has 1 heterocycles. The van der Waals surface area contributed by atoms with E-state index in [-0.39, 0.29) is 61.8 Å². The van der Waals surface area contributed by atoms with Gasteiger partial charge >= 0.3 is 0 Å². The Morgan fingerprint density at radius 3 is 2.45 bits per heavy atom. The number of rotatable bonds is 20. The highest BCUT2D eigenvalue weighted by molar-refractivity contribution is 6.03. The van der Waals surface area contributed by atoms with Gasteiger partial charge in [-0.1, -0.05) is 54.9 Å². The second kappa shape index (κ2) is 17.9. The summed E-state index contributed by atoms with van der Waals surface area (Å²) in [5, 5.41) is 24.4. The average Bonchev–Trinajstić information content (AvgIpc) is 4.02. The molecule has 2 aromatic carbocycles. The van der Waals surface area contributed by atoms with Crippen LogP contribution in [0.1, 0.15) is 81.8 Å². The number of amides is 1. The number of fused-ring (bicyclic) bond motifs is 2. The Morgan fingerprint density at radius 1 is 1.04 bits per heavy atom. The Morgan fingerprint density at radius 2 is 1.77 bits per heavy atom. The van der Waals surface area contributed by atoms with Gasteiger partial charge in [0.2, 0.25) is 11.7 Å². The van der Waals surface area contributed by atoms with Crippen LogP contribution in [0.2, 0.25) is 0 Å². The molecule has 3 aliphatic carbocycles. The molecule has 0 aromatic heterocycles. The lowest BCUT2D eigenvalue weighted by molar-refractivity contribution is -0.258. The topological polar surface area (TPSA) is 110 Å². The number of allylic oxidation sites excluding steroid dienone is 1. The maximum atomic E-state index is 14.5. The van der Waals surface area contributed by atoms with Crippen LogP contribution in [0.4, 0.5) is 4.39 Å². The summed E-state index contributed by atoms with van der Waals surface area (Å²) in [6.45, 7) is 11.1. The molecule has 9 nitrogen and oxygen atoms in total. The van der Waals surface area contributed by atoms with Gasteiger partial charge in [0.15, 0.2) is 0 Å². The zero-order valence-corrected chi connectivity index (χ0v) is 31.0. The highest BCUT2D eigenvalue weighted by Crippen LogP contribution is 2.62. The first kappa shape index (κ1) is 38.7. The number of aliphatic hydroxyl groups excluding tert-OH is 2. The van der Waals surface area contributed by atoms with Crippen molar-refractivity contribution in [1.29, 1.82) is 0 Å². The molecule has 2 fully saturated rings. The van der Waals surface area contributed by atoms with E-state index in [0.29, 0.717) is 44.0 Å². The number of oxime groups is 1. The van der Waals surface area contributed by atoms with Crippen LogP contribution in [0.3, 0.4) is 0 Å². The molecule has 1 amide bonds. The van der Waals surface area contributed by atoms with Gasteiger partial charge in [0.25, 0.3) is 0 Å². The van der Waals surface area contributed by atoms with Crippen molar-refractivity contribution in [1.82, 2.24) is 4.90 Å². The summed E-state index contributed by atoms with van der Waals surface area (Å²) in [5.74, 6) is -0.730. The lowest BCUT2D eigenvalue weighted by Gasteiger charge is -2.60. The summed E-state index contributed by atoms with van der Waals surface area (Å²) in [4.78, 5) is 22.2. The molecule has 0 bridgehead atoms. The van der Waals surface area contributed by atoms with Crippen LogP contribution in [-0.4, -0.2) is 71.6 Å². The molecule has 2 N–H and O–H groups in total. The first-order valence-corrected chi connectivity index (χ1v) is 19.4.